The zero-order valence-electron chi connectivity index (χ0n) is 10.4. The first-order valence-corrected chi connectivity index (χ1v) is 6.07. The number of aliphatic hydroxyl groups excluding tert-OH is 1. The van der Waals surface area contributed by atoms with Gasteiger partial charge in [0.2, 0.25) is 0 Å². The summed E-state index contributed by atoms with van der Waals surface area (Å²) in [5.41, 5.74) is -0.378. The molecule has 1 aliphatic rings. The molecule has 3 nitrogen and oxygen atoms in total. The highest BCUT2D eigenvalue weighted by molar-refractivity contribution is 5.71. The van der Waals surface area contributed by atoms with E-state index in [1.54, 1.807) is 0 Å². The minimum Gasteiger partial charge on any atom is -0.458 e. The molecule has 1 aliphatic heterocycles. The van der Waals surface area contributed by atoms with Crippen LogP contribution in [0.1, 0.15) is 24.0 Å². The molecule has 1 fully saturated rings. The normalized spacial score (nSPS) is 23.9. The quantitative estimate of drug-likeness (QED) is 0.850. The summed E-state index contributed by atoms with van der Waals surface area (Å²) in [7, 11) is 0. The van der Waals surface area contributed by atoms with Crippen LogP contribution in [0.4, 0.5) is 13.2 Å². The van der Waals surface area contributed by atoms with Gasteiger partial charge >= 0.3 is 12.1 Å². The van der Waals surface area contributed by atoms with Gasteiger partial charge in [-0.3, -0.25) is 4.79 Å². The lowest BCUT2D eigenvalue weighted by molar-refractivity contribution is -0.156. The van der Waals surface area contributed by atoms with E-state index in [1.807, 2.05) is 0 Å². The van der Waals surface area contributed by atoms with Crippen LogP contribution in [-0.2, 0) is 15.7 Å². The molecule has 108 valence electrons. The van der Waals surface area contributed by atoms with E-state index >= 15 is 0 Å². The third-order valence-electron chi connectivity index (χ3n) is 2.91. The molecule has 2 atom stereocenters. The van der Waals surface area contributed by atoms with Gasteiger partial charge in [0.1, 0.15) is 6.10 Å². The highest BCUT2D eigenvalue weighted by Gasteiger charge is 2.30. The van der Waals surface area contributed by atoms with E-state index < -0.39 is 29.9 Å². The summed E-state index contributed by atoms with van der Waals surface area (Å²) in [5, 5.41) is 9.41. The number of esters is 1. The molecule has 0 spiro atoms. The topological polar surface area (TPSA) is 46.5 Å². The molecule has 0 saturated carbocycles. The Labute approximate surface area is 113 Å². The summed E-state index contributed by atoms with van der Waals surface area (Å²) in [4.78, 5) is 11.1. The van der Waals surface area contributed by atoms with E-state index in [4.69, 9.17) is 4.74 Å². The third-order valence-corrected chi connectivity index (χ3v) is 2.91. The van der Waals surface area contributed by atoms with E-state index in [1.165, 1.54) is 24.3 Å². The molecular weight excluding hydrogens is 273 g/mol. The molecule has 1 aromatic carbocycles. The molecule has 0 unspecified atom stereocenters. The van der Waals surface area contributed by atoms with E-state index in [9.17, 15) is 23.1 Å². The third kappa shape index (κ3) is 3.84. The van der Waals surface area contributed by atoms with Crippen LogP contribution in [0.15, 0.2) is 30.3 Å². The fourth-order valence-electron chi connectivity index (χ4n) is 1.96. The minimum absolute atomic E-state index is 0.0477. The van der Waals surface area contributed by atoms with Crippen LogP contribution in [-0.4, -0.2) is 23.3 Å². The second-order valence-electron chi connectivity index (χ2n) is 4.60. The fraction of sp³-hybridized carbons (Fsp3) is 0.357. The number of alkyl halides is 3. The van der Waals surface area contributed by atoms with E-state index in [0.29, 0.717) is 5.56 Å². The molecule has 0 aliphatic carbocycles. The minimum atomic E-state index is -4.39. The highest BCUT2D eigenvalue weighted by atomic mass is 19.4. The standard InChI is InChI=1S/C14H13F3O3/c15-14(16,17)10-3-1-2-9(6-10)4-5-12-7-11(18)8-13(19)20-12/h1-6,11-12,18H,7-8H2/t11-,12-/m0/s1. The van der Waals surface area contributed by atoms with Gasteiger partial charge in [-0.2, -0.15) is 13.2 Å². The van der Waals surface area contributed by atoms with Crippen LogP contribution in [0.2, 0.25) is 0 Å². The number of halogens is 3. The molecule has 0 amide bonds. The number of cyclic esters (lactones) is 1. The molecule has 1 saturated heterocycles. The summed E-state index contributed by atoms with van der Waals surface area (Å²) in [5.74, 6) is -0.512. The predicted octanol–water partition coefficient (Wildman–Crippen LogP) is 2.79. The largest absolute Gasteiger partial charge is 0.458 e. The molecule has 0 bridgehead atoms. The molecule has 0 radical (unpaired) electrons. The Hall–Kier alpha value is -1.82. The Morgan fingerprint density at radius 3 is 2.75 bits per heavy atom. The zero-order chi connectivity index (χ0) is 14.8. The summed E-state index contributed by atoms with van der Waals surface area (Å²) in [6, 6.07) is 4.83. The number of aliphatic hydroxyl groups is 1. The van der Waals surface area contributed by atoms with Gasteiger partial charge in [0.25, 0.3) is 0 Å². The number of rotatable bonds is 2. The van der Waals surface area contributed by atoms with Crippen LogP contribution in [0.5, 0.6) is 0 Å². The summed E-state index contributed by atoms with van der Waals surface area (Å²) in [6.45, 7) is 0. The molecule has 6 heteroatoms. The van der Waals surface area contributed by atoms with Crippen molar-refractivity contribution in [2.75, 3.05) is 0 Å². The maximum Gasteiger partial charge on any atom is 0.416 e. The van der Waals surface area contributed by atoms with Gasteiger partial charge in [-0.1, -0.05) is 18.2 Å². The Morgan fingerprint density at radius 2 is 2.10 bits per heavy atom. The number of hydrogen-bond acceptors (Lipinski definition) is 3. The lowest BCUT2D eigenvalue weighted by Gasteiger charge is -2.23. The lowest BCUT2D eigenvalue weighted by Crippen LogP contribution is -2.31. The van der Waals surface area contributed by atoms with Crippen molar-refractivity contribution in [1.29, 1.82) is 0 Å². The first-order valence-electron chi connectivity index (χ1n) is 6.07. The first kappa shape index (κ1) is 14.6. The maximum absolute atomic E-state index is 12.5. The number of hydrogen-bond donors (Lipinski definition) is 1. The highest BCUT2D eigenvalue weighted by Crippen LogP contribution is 2.29. The van der Waals surface area contributed by atoms with Crippen molar-refractivity contribution in [3.8, 4) is 0 Å². The molecule has 0 aromatic heterocycles. The fourth-order valence-corrected chi connectivity index (χ4v) is 1.96. The van der Waals surface area contributed by atoms with Gasteiger partial charge in [0.05, 0.1) is 18.1 Å². The summed E-state index contributed by atoms with van der Waals surface area (Å²) < 4.78 is 42.6. The van der Waals surface area contributed by atoms with Crippen molar-refractivity contribution in [2.45, 2.75) is 31.2 Å². The van der Waals surface area contributed by atoms with Gasteiger partial charge in [0.15, 0.2) is 0 Å². The van der Waals surface area contributed by atoms with Crippen molar-refractivity contribution < 1.29 is 27.8 Å². The van der Waals surface area contributed by atoms with Crippen molar-refractivity contribution in [2.24, 2.45) is 0 Å². The number of benzene rings is 1. The second-order valence-corrected chi connectivity index (χ2v) is 4.60. The monoisotopic (exact) mass is 286 g/mol. The number of carbonyl (C=O) groups is 1. The molecule has 1 heterocycles. The Bertz CT molecular complexity index is 523. The van der Waals surface area contributed by atoms with Crippen molar-refractivity contribution in [1.82, 2.24) is 0 Å². The van der Waals surface area contributed by atoms with Crippen LogP contribution in [0.25, 0.3) is 6.08 Å². The number of carbonyl (C=O) groups excluding carboxylic acids is 1. The first-order chi connectivity index (χ1) is 9.34. The molecule has 1 N–H and O–H groups in total. The summed E-state index contributed by atoms with van der Waals surface area (Å²) in [6.07, 6.45) is -2.64. The van der Waals surface area contributed by atoms with Crippen LogP contribution in [0.3, 0.4) is 0 Å². The van der Waals surface area contributed by atoms with Gasteiger partial charge in [0, 0.05) is 6.42 Å². The van der Waals surface area contributed by atoms with E-state index in [0.717, 1.165) is 12.1 Å². The van der Waals surface area contributed by atoms with E-state index in [2.05, 4.69) is 0 Å². The van der Waals surface area contributed by atoms with Crippen LogP contribution in [0, 0.1) is 0 Å². The van der Waals surface area contributed by atoms with Crippen LogP contribution >= 0.6 is 0 Å². The van der Waals surface area contributed by atoms with Crippen molar-refractivity contribution >= 4 is 12.0 Å². The Kier molecular flexibility index (Phi) is 4.13. The van der Waals surface area contributed by atoms with Crippen molar-refractivity contribution in [3.63, 3.8) is 0 Å². The predicted molar refractivity (Wildman–Crippen MR) is 65.6 cm³/mol. The van der Waals surface area contributed by atoms with E-state index in [-0.39, 0.29) is 12.8 Å². The zero-order valence-corrected chi connectivity index (χ0v) is 10.4. The molecular formula is C14H13F3O3. The van der Waals surface area contributed by atoms with Gasteiger partial charge < -0.3 is 9.84 Å². The second kappa shape index (κ2) is 5.66. The average molecular weight is 286 g/mol. The van der Waals surface area contributed by atoms with Gasteiger partial charge in [-0.25, -0.2) is 0 Å². The van der Waals surface area contributed by atoms with Crippen molar-refractivity contribution in [3.05, 3.63) is 41.5 Å². The Balaban J connectivity index is 2.09. The average Bonchev–Trinajstić information content (AvgIpc) is 2.35. The molecule has 2 rings (SSSR count). The number of ether oxygens (including phenoxy) is 1. The smallest absolute Gasteiger partial charge is 0.416 e. The molecule has 20 heavy (non-hydrogen) atoms. The summed E-state index contributed by atoms with van der Waals surface area (Å²) >= 11 is 0. The molecule has 1 aromatic rings. The van der Waals surface area contributed by atoms with Crippen LogP contribution < -0.4 is 0 Å². The van der Waals surface area contributed by atoms with Gasteiger partial charge in [-0.05, 0) is 23.8 Å². The SMILES string of the molecule is O=C1C[C@@H](O)C[C@H](C=Cc2cccc(C(F)(F)F)c2)O1. The Morgan fingerprint density at radius 1 is 1.35 bits per heavy atom. The lowest BCUT2D eigenvalue weighted by atomic mass is 10.0. The maximum atomic E-state index is 12.5. The van der Waals surface area contributed by atoms with Gasteiger partial charge in [-0.15, -0.1) is 0 Å².